The van der Waals surface area contributed by atoms with E-state index in [-0.39, 0.29) is 0 Å². The molecule has 0 atom stereocenters. The minimum absolute atomic E-state index is 0.539. The number of benzene rings is 2. The molecule has 0 saturated heterocycles. The van der Waals surface area contributed by atoms with E-state index in [0.29, 0.717) is 11.4 Å². The van der Waals surface area contributed by atoms with Gasteiger partial charge in [0.25, 0.3) is 0 Å². The first kappa shape index (κ1) is 11.9. The van der Waals surface area contributed by atoms with Gasteiger partial charge in [0.2, 0.25) is 0 Å². The summed E-state index contributed by atoms with van der Waals surface area (Å²) in [4.78, 5) is 23.6. The average Bonchev–Trinajstić information content (AvgIpc) is 2.42. The summed E-state index contributed by atoms with van der Waals surface area (Å²) < 4.78 is 0. The van der Waals surface area contributed by atoms with Crippen molar-refractivity contribution in [3.8, 4) is 0 Å². The molecule has 0 aliphatic rings. The number of nitrogens with one attached hydrogen (secondary N) is 1. The number of rotatable bonds is 3. The van der Waals surface area contributed by atoms with E-state index in [9.17, 15) is 9.59 Å². The maximum absolute atomic E-state index is 11.9. The van der Waals surface area contributed by atoms with Crippen LogP contribution in [0.15, 0.2) is 60.7 Å². The molecular weight excluding hydrogens is 228 g/mol. The number of hydrogen-bond donors (Lipinski definition) is 1. The number of carbonyl (C=O) groups is 1. The van der Waals surface area contributed by atoms with Gasteiger partial charge in [-0.3, -0.25) is 15.0 Å². The Morgan fingerprint density at radius 1 is 0.889 bits per heavy atom. The van der Waals surface area contributed by atoms with Crippen molar-refractivity contribution in [2.75, 3.05) is 4.90 Å². The van der Waals surface area contributed by atoms with Gasteiger partial charge in [-0.2, -0.15) is 0 Å². The molecule has 0 unspecified atom stereocenters. The van der Waals surface area contributed by atoms with Crippen molar-refractivity contribution < 1.29 is 9.59 Å². The third kappa shape index (κ3) is 2.55. The van der Waals surface area contributed by atoms with Crippen LogP contribution in [0.3, 0.4) is 0 Å². The first-order valence-corrected chi connectivity index (χ1v) is 5.40. The summed E-state index contributed by atoms with van der Waals surface area (Å²) >= 11 is 0. The molecule has 0 spiro atoms. The first-order valence-electron chi connectivity index (χ1n) is 5.40. The molecule has 2 rings (SSSR count). The fourth-order valence-corrected chi connectivity index (χ4v) is 1.64. The normalized spacial score (nSPS) is 9.56. The van der Waals surface area contributed by atoms with Crippen LogP contribution in [0.1, 0.15) is 0 Å². The number of anilines is 2. The van der Waals surface area contributed by atoms with E-state index >= 15 is 0 Å². The van der Waals surface area contributed by atoms with Gasteiger partial charge in [-0.1, -0.05) is 36.4 Å². The molecule has 0 fully saturated rings. The molecule has 89 valence electrons. The summed E-state index contributed by atoms with van der Waals surface area (Å²) in [7, 11) is 0. The fraction of sp³-hybridized carbons (Fsp3) is 0. The Balaban J connectivity index is 2.41. The van der Waals surface area contributed by atoms with E-state index < -0.39 is 6.03 Å². The summed E-state index contributed by atoms with van der Waals surface area (Å²) in [5, 5.41) is 2.02. The van der Waals surface area contributed by atoms with Crippen LogP contribution >= 0.6 is 0 Å². The van der Waals surface area contributed by atoms with Crippen LogP contribution in [0.5, 0.6) is 0 Å². The van der Waals surface area contributed by atoms with Gasteiger partial charge in [0.05, 0.1) is 11.4 Å². The van der Waals surface area contributed by atoms with E-state index in [1.165, 1.54) is 11.3 Å². The van der Waals surface area contributed by atoms with Gasteiger partial charge in [0, 0.05) is 0 Å². The summed E-state index contributed by atoms with van der Waals surface area (Å²) in [6, 6.07) is 17.6. The number of urea groups is 1. The van der Waals surface area contributed by atoms with Crippen LogP contribution in [0, 0.1) is 0 Å². The number of imide groups is 1. The van der Waals surface area contributed by atoms with Crippen molar-refractivity contribution in [1.29, 1.82) is 0 Å². The number of nitrogens with zero attached hydrogens (tertiary/aromatic N) is 1. The summed E-state index contributed by atoms with van der Waals surface area (Å²) in [5.41, 5.74) is 1.35. The minimum atomic E-state index is -0.539. The third-order valence-corrected chi connectivity index (χ3v) is 2.39. The van der Waals surface area contributed by atoms with Crippen LogP contribution in [0.2, 0.25) is 0 Å². The molecule has 18 heavy (non-hydrogen) atoms. The molecule has 4 nitrogen and oxygen atoms in total. The van der Waals surface area contributed by atoms with E-state index in [0.717, 1.165) is 0 Å². The molecule has 0 heterocycles. The second kappa shape index (κ2) is 5.63. The number of para-hydroxylation sites is 2. The van der Waals surface area contributed by atoms with Crippen LogP contribution in [0.25, 0.3) is 0 Å². The highest BCUT2D eigenvalue weighted by Gasteiger charge is 2.16. The SMILES string of the molecule is O=[C]NC(=O)N(c1ccccc1)c1ccccc1. The van der Waals surface area contributed by atoms with Gasteiger partial charge >= 0.3 is 12.4 Å². The van der Waals surface area contributed by atoms with Crippen LogP contribution < -0.4 is 10.2 Å². The van der Waals surface area contributed by atoms with E-state index in [1.54, 1.807) is 24.3 Å². The number of amides is 3. The molecule has 1 N–H and O–H groups in total. The number of carbonyl (C=O) groups excluding carboxylic acids is 2. The molecule has 0 aliphatic carbocycles. The quantitative estimate of drug-likeness (QED) is 0.837. The average molecular weight is 239 g/mol. The molecule has 0 aromatic heterocycles. The lowest BCUT2D eigenvalue weighted by molar-refractivity contribution is 0.252. The van der Waals surface area contributed by atoms with E-state index in [1.807, 2.05) is 41.7 Å². The lowest BCUT2D eigenvalue weighted by atomic mass is 10.2. The largest absolute Gasteiger partial charge is 0.333 e. The Morgan fingerprint density at radius 3 is 1.72 bits per heavy atom. The highest BCUT2D eigenvalue weighted by Crippen LogP contribution is 2.24. The molecule has 4 heteroatoms. The van der Waals surface area contributed by atoms with Crippen molar-refractivity contribution in [1.82, 2.24) is 5.32 Å². The molecule has 2 aromatic carbocycles. The molecule has 3 amide bonds. The summed E-state index contributed by atoms with van der Waals surface area (Å²) in [6.07, 6.45) is 1.40. The standard InChI is InChI=1S/C14H11N2O2/c17-11-15-14(18)16(12-7-3-1-4-8-12)13-9-5-2-6-10-13/h1-10H,(H,15,17,18). The van der Waals surface area contributed by atoms with Crippen molar-refractivity contribution >= 4 is 23.8 Å². The lowest BCUT2D eigenvalue weighted by Crippen LogP contribution is -2.35. The van der Waals surface area contributed by atoms with Crippen molar-refractivity contribution in [2.45, 2.75) is 0 Å². The molecule has 0 bridgehead atoms. The van der Waals surface area contributed by atoms with Crippen molar-refractivity contribution in [3.63, 3.8) is 0 Å². The van der Waals surface area contributed by atoms with Gasteiger partial charge in [-0.15, -0.1) is 0 Å². The van der Waals surface area contributed by atoms with Crippen LogP contribution in [-0.4, -0.2) is 12.4 Å². The van der Waals surface area contributed by atoms with Gasteiger partial charge in [-0.25, -0.2) is 4.79 Å². The smallest absolute Gasteiger partial charge is 0.269 e. The minimum Gasteiger partial charge on any atom is -0.269 e. The Morgan fingerprint density at radius 2 is 1.33 bits per heavy atom. The van der Waals surface area contributed by atoms with Crippen molar-refractivity contribution in [2.24, 2.45) is 0 Å². The predicted octanol–water partition coefficient (Wildman–Crippen LogP) is 2.60. The second-order valence-corrected chi connectivity index (χ2v) is 3.54. The Labute approximate surface area is 105 Å². The maximum Gasteiger partial charge on any atom is 0.333 e. The fourth-order valence-electron chi connectivity index (χ4n) is 1.64. The highest BCUT2D eigenvalue weighted by molar-refractivity contribution is 6.03. The lowest BCUT2D eigenvalue weighted by Gasteiger charge is -2.21. The van der Waals surface area contributed by atoms with E-state index in [2.05, 4.69) is 0 Å². The molecule has 1 radical (unpaired) electrons. The van der Waals surface area contributed by atoms with Gasteiger partial charge in [0.1, 0.15) is 0 Å². The Kier molecular flexibility index (Phi) is 3.71. The monoisotopic (exact) mass is 239 g/mol. The topological polar surface area (TPSA) is 49.4 Å². The zero-order valence-corrected chi connectivity index (χ0v) is 9.54. The highest BCUT2D eigenvalue weighted by atomic mass is 16.2. The Bertz CT molecular complexity index is 487. The number of hydrogen-bond acceptors (Lipinski definition) is 2. The maximum atomic E-state index is 11.9. The van der Waals surface area contributed by atoms with Crippen LogP contribution in [-0.2, 0) is 4.79 Å². The third-order valence-electron chi connectivity index (χ3n) is 2.39. The van der Waals surface area contributed by atoms with Gasteiger partial charge in [-0.05, 0) is 24.3 Å². The van der Waals surface area contributed by atoms with E-state index in [4.69, 9.17) is 0 Å². The van der Waals surface area contributed by atoms with Gasteiger partial charge in [0.15, 0.2) is 0 Å². The molecule has 2 aromatic rings. The molecule has 0 saturated carbocycles. The summed E-state index contributed by atoms with van der Waals surface area (Å²) in [5.74, 6) is 0. The predicted molar refractivity (Wildman–Crippen MR) is 69.2 cm³/mol. The molecular formula is C14H11N2O2. The van der Waals surface area contributed by atoms with Gasteiger partial charge < -0.3 is 0 Å². The summed E-state index contributed by atoms with van der Waals surface area (Å²) in [6.45, 7) is 0. The Hall–Kier alpha value is -2.62. The molecule has 0 aliphatic heterocycles. The first-order chi connectivity index (χ1) is 8.83. The second-order valence-electron chi connectivity index (χ2n) is 3.54. The zero-order valence-electron chi connectivity index (χ0n) is 9.54. The van der Waals surface area contributed by atoms with Crippen LogP contribution in [0.4, 0.5) is 16.2 Å². The van der Waals surface area contributed by atoms with Crippen molar-refractivity contribution in [3.05, 3.63) is 60.7 Å². The zero-order chi connectivity index (χ0) is 12.8.